The molecule has 0 unspecified atom stereocenters. The lowest BCUT2D eigenvalue weighted by Gasteiger charge is -2.09. The summed E-state index contributed by atoms with van der Waals surface area (Å²) in [6.45, 7) is 4.01. The van der Waals surface area contributed by atoms with Crippen molar-refractivity contribution >= 4 is 23.1 Å². The first kappa shape index (κ1) is 15.8. The molecule has 0 aliphatic heterocycles. The van der Waals surface area contributed by atoms with Crippen molar-refractivity contribution in [3.63, 3.8) is 0 Å². The number of carbonyl (C=O) groups excluding carboxylic acids is 2. The number of hydrogen-bond donors (Lipinski definition) is 2. The molecular weight excluding hydrogens is 276 g/mol. The minimum atomic E-state index is -0.0375. The van der Waals surface area contributed by atoms with Gasteiger partial charge in [0, 0.05) is 29.9 Å². The van der Waals surface area contributed by atoms with Gasteiger partial charge in [0.1, 0.15) is 0 Å². The van der Waals surface area contributed by atoms with Gasteiger partial charge in [0.05, 0.1) is 0 Å². The highest BCUT2D eigenvalue weighted by Crippen LogP contribution is 2.14. The molecule has 114 valence electrons. The van der Waals surface area contributed by atoms with Crippen molar-refractivity contribution in [2.45, 2.75) is 20.3 Å². The van der Waals surface area contributed by atoms with Gasteiger partial charge in [-0.05, 0) is 37.6 Å². The zero-order valence-corrected chi connectivity index (χ0v) is 12.8. The summed E-state index contributed by atoms with van der Waals surface area (Å²) in [5, 5.41) is 6.05. The molecule has 0 saturated heterocycles. The van der Waals surface area contributed by atoms with Gasteiger partial charge >= 0.3 is 0 Å². The quantitative estimate of drug-likeness (QED) is 0.800. The number of rotatable bonds is 6. The number of nitrogens with one attached hydrogen (secondary N) is 2. The van der Waals surface area contributed by atoms with Crippen LogP contribution >= 0.6 is 0 Å². The van der Waals surface area contributed by atoms with Crippen LogP contribution in [0.5, 0.6) is 0 Å². The van der Waals surface area contributed by atoms with Crippen molar-refractivity contribution in [1.82, 2.24) is 0 Å². The van der Waals surface area contributed by atoms with Crippen molar-refractivity contribution < 1.29 is 9.59 Å². The van der Waals surface area contributed by atoms with Crippen LogP contribution in [-0.2, 0) is 4.79 Å². The van der Waals surface area contributed by atoms with Crippen LogP contribution in [0.15, 0.2) is 48.5 Å². The molecule has 0 radical (unpaired) electrons. The Kier molecular flexibility index (Phi) is 5.31. The van der Waals surface area contributed by atoms with Gasteiger partial charge in [-0.2, -0.15) is 0 Å². The third-order valence-corrected chi connectivity index (χ3v) is 3.37. The van der Waals surface area contributed by atoms with Gasteiger partial charge in [0.25, 0.3) is 0 Å². The fraction of sp³-hybridized carbons (Fsp3) is 0.222. The molecule has 0 aromatic heterocycles. The Morgan fingerprint density at radius 3 is 2.55 bits per heavy atom. The van der Waals surface area contributed by atoms with Crippen molar-refractivity contribution in [2.75, 3.05) is 17.2 Å². The van der Waals surface area contributed by atoms with Crippen molar-refractivity contribution in [1.29, 1.82) is 0 Å². The highest BCUT2D eigenvalue weighted by molar-refractivity contribution is 5.95. The summed E-state index contributed by atoms with van der Waals surface area (Å²) < 4.78 is 0. The molecule has 0 fully saturated rings. The average molecular weight is 296 g/mol. The van der Waals surface area contributed by atoms with E-state index in [1.165, 1.54) is 6.92 Å². The molecule has 2 N–H and O–H groups in total. The Hall–Kier alpha value is -2.62. The molecule has 2 aromatic carbocycles. The molecule has 0 spiro atoms. The maximum Gasteiger partial charge on any atom is 0.226 e. The lowest BCUT2D eigenvalue weighted by molar-refractivity contribution is -0.115. The Balaban J connectivity index is 1.83. The summed E-state index contributed by atoms with van der Waals surface area (Å²) in [5.74, 6) is -0.00883. The van der Waals surface area contributed by atoms with E-state index in [9.17, 15) is 9.59 Å². The van der Waals surface area contributed by atoms with E-state index >= 15 is 0 Å². The summed E-state index contributed by atoms with van der Waals surface area (Å²) >= 11 is 0. The molecule has 0 aliphatic rings. The van der Waals surface area contributed by atoms with Crippen LogP contribution in [0.3, 0.4) is 0 Å². The Morgan fingerprint density at radius 2 is 1.82 bits per heavy atom. The standard InChI is InChI=1S/C18H20N2O2/c1-13-6-3-4-9-17(13)20-18(22)10-11-19-16-8-5-7-15(12-16)14(2)21/h3-9,12,19H,10-11H2,1-2H3,(H,20,22). The fourth-order valence-corrected chi connectivity index (χ4v) is 2.09. The largest absolute Gasteiger partial charge is 0.385 e. The molecule has 4 heteroatoms. The first-order valence-corrected chi connectivity index (χ1v) is 7.26. The molecule has 1 amide bonds. The molecular formula is C18H20N2O2. The van der Waals surface area contributed by atoms with Crippen LogP contribution in [0.2, 0.25) is 0 Å². The number of para-hydroxylation sites is 1. The molecule has 0 saturated carbocycles. The molecule has 2 rings (SSSR count). The van der Waals surface area contributed by atoms with E-state index in [4.69, 9.17) is 0 Å². The normalized spacial score (nSPS) is 10.1. The zero-order valence-electron chi connectivity index (χ0n) is 12.8. The predicted octanol–water partition coefficient (Wildman–Crippen LogP) is 3.64. The van der Waals surface area contributed by atoms with Gasteiger partial charge in [0.15, 0.2) is 5.78 Å². The molecule has 0 atom stereocenters. The van der Waals surface area contributed by atoms with E-state index in [1.807, 2.05) is 43.3 Å². The number of amides is 1. The lowest BCUT2D eigenvalue weighted by atomic mass is 10.1. The van der Waals surface area contributed by atoms with Gasteiger partial charge < -0.3 is 10.6 Å². The van der Waals surface area contributed by atoms with Crippen LogP contribution in [0.4, 0.5) is 11.4 Å². The molecule has 2 aromatic rings. The van der Waals surface area contributed by atoms with E-state index in [0.29, 0.717) is 18.5 Å². The average Bonchev–Trinajstić information content (AvgIpc) is 2.50. The summed E-state index contributed by atoms with van der Waals surface area (Å²) in [6, 6.07) is 15.0. The summed E-state index contributed by atoms with van der Waals surface area (Å²) in [5.41, 5.74) is 3.38. The molecule has 4 nitrogen and oxygen atoms in total. The Bertz CT molecular complexity index is 680. The highest BCUT2D eigenvalue weighted by Gasteiger charge is 2.05. The highest BCUT2D eigenvalue weighted by atomic mass is 16.1. The maximum atomic E-state index is 11.9. The number of Topliss-reactive ketones (excluding diaryl/α,β-unsaturated/α-hetero) is 1. The van der Waals surface area contributed by atoms with Gasteiger partial charge in [-0.3, -0.25) is 9.59 Å². The number of ketones is 1. The van der Waals surface area contributed by atoms with Crippen LogP contribution in [-0.4, -0.2) is 18.2 Å². The van der Waals surface area contributed by atoms with Gasteiger partial charge in [0.2, 0.25) is 5.91 Å². The number of benzene rings is 2. The SMILES string of the molecule is CC(=O)c1cccc(NCCC(=O)Nc2ccccc2C)c1. The molecule has 0 bridgehead atoms. The van der Waals surface area contributed by atoms with Crippen molar-refractivity contribution in [3.8, 4) is 0 Å². The minimum absolute atomic E-state index is 0.0287. The topological polar surface area (TPSA) is 58.2 Å². The van der Waals surface area contributed by atoms with Crippen LogP contribution < -0.4 is 10.6 Å². The van der Waals surface area contributed by atoms with Crippen LogP contribution in [0.1, 0.15) is 29.3 Å². The van der Waals surface area contributed by atoms with E-state index in [2.05, 4.69) is 10.6 Å². The van der Waals surface area contributed by atoms with Gasteiger partial charge in [-0.15, -0.1) is 0 Å². The van der Waals surface area contributed by atoms with Crippen molar-refractivity contribution in [3.05, 3.63) is 59.7 Å². The maximum absolute atomic E-state index is 11.9. The number of anilines is 2. The van der Waals surface area contributed by atoms with Gasteiger partial charge in [-0.1, -0.05) is 30.3 Å². The smallest absolute Gasteiger partial charge is 0.226 e. The second-order valence-electron chi connectivity index (χ2n) is 5.18. The van der Waals surface area contributed by atoms with Crippen LogP contribution in [0.25, 0.3) is 0 Å². The monoisotopic (exact) mass is 296 g/mol. The second kappa shape index (κ2) is 7.41. The first-order chi connectivity index (χ1) is 10.6. The lowest BCUT2D eigenvalue weighted by Crippen LogP contribution is -2.16. The Labute approximate surface area is 130 Å². The van der Waals surface area contributed by atoms with Gasteiger partial charge in [-0.25, -0.2) is 0 Å². The van der Waals surface area contributed by atoms with E-state index in [0.717, 1.165) is 16.9 Å². The number of hydrogen-bond acceptors (Lipinski definition) is 3. The fourth-order valence-electron chi connectivity index (χ4n) is 2.09. The molecule has 0 aliphatic carbocycles. The van der Waals surface area contributed by atoms with Crippen molar-refractivity contribution in [2.24, 2.45) is 0 Å². The van der Waals surface area contributed by atoms with E-state index in [1.54, 1.807) is 12.1 Å². The van der Waals surface area contributed by atoms with E-state index in [-0.39, 0.29) is 11.7 Å². The summed E-state index contributed by atoms with van der Waals surface area (Å²) in [7, 11) is 0. The van der Waals surface area contributed by atoms with Crippen LogP contribution in [0, 0.1) is 6.92 Å². The third kappa shape index (κ3) is 4.45. The van der Waals surface area contributed by atoms with E-state index < -0.39 is 0 Å². The number of aryl methyl sites for hydroxylation is 1. The zero-order chi connectivity index (χ0) is 15.9. The Morgan fingerprint density at radius 1 is 1.05 bits per heavy atom. The molecule has 22 heavy (non-hydrogen) atoms. The third-order valence-electron chi connectivity index (χ3n) is 3.37. The predicted molar refractivity (Wildman–Crippen MR) is 89.4 cm³/mol. The molecule has 0 heterocycles. The number of carbonyl (C=O) groups is 2. The second-order valence-corrected chi connectivity index (χ2v) is 5.18. The first-order valence-electron chi connectivity index (χ1n) is 7.26. The minimum Gasteiger partial charge on any atom is -0.385 e. The summed E-state index contributed by atoms with van der Waals surface area (Å²) in [6.07, 6.45) is 0.360. The summed E-state index contributed by atoms with van der Waals surface area (Å²) in [4.78, 5) is 23.2.